The topological polar surface area (TPSA) is 116 Å². The molecule has 1 aliphatic rings. The van der Waals surface area contributed by atoms with Crippen molar-refractivity contribution in [1.29, 1.82) is 0 Å². The Bertz CT molecular complexity index is 1190. The van der Waals surface area contributed by atoms with E-state index in [-0.39, 0.29) is 41.2 Å². The number of carbonyl (C=O) groups excluding carboxylic acids is 1. The minimum Gasteiger partial charge on any atom is -0.497 e. The number of nitrogens with one attached hydrogen (secondary N) is 3. The van der Waals surface area contributed by atoms with E-state index in [4.69, 9.17) is 9.47 Å². The van der Waals surface area contributed by atoms with Crippen molar-refractivity contribution < 1.29 is 32.5 Å². The molecule has 2 heterocycles. The molecule has 0 bridgehead atoms. The van der Waals surface area contributed by atoms with E-state index in [2.05, 4.69) is 35.6 Å². The van der Waals surface area contributed by atoms with E-state index in [0.717, 1.165) is 5.56 Å². The van der Waals surface area contributed by atoms with E-state index in [0.29, 0.717) is 16.9 Å². The summed E-state index contributed by atoms with van der Waals surface area (Å²) in [5, 5.41) is 3.36. The number of amides is 1. The highest BCUT2D eigenvalue weighted by Gasteiger charge is 2.44. The maximum absolute atomic E-state index is 13.6. The van der Waals surface area contributed by atoms with Crippen LogP contribution in [0.5, 0.6) is 23.0 Å². The molecule has 1 amide bonds. The second kappa shape index (κ2) is 8.21. The van der Waals surface area contributed by atoms with Crippen LogP contribution in [-0.2, 0) is 11.3 Å². The number of ether oxygens (including phenoxy) is 4. The van der Waals surface area contributed by atoms with Gasteiger partial charge < -0.3 is 24.3 Å². The molecular formula is C20H19F2N5O5. The van der Waals surface area contributed by atoms with Gasteiger partial charge in [0.15, 0.2) is 17.3 Å². The third-order valence-electron chi connectivity index (χ3n) is 4.52. The minimum atomic E-state index is -3.81. The van der Waals surface area contributed by atoms with Crippen LogP contribution in [0.2, 0.25) is 0 Å². The van der Waals surface area contributed by atoms with Gasteiger partial charge in [-0.2, -0.15) is 4.98 Å². The molecule has 12 heteroatoms. The number of benzene rings is 2. The zero-order chi connectivity index (χ0) is 22.9. The molecule has 32 heavy (non-hydrogen) atoms. The number of aromatic nitrogens is 2. The molecule has 1 aromatic heterocycles. The first-order chi connectivity index (χ1) is 15.3. The highest BCUT2D eigenvalue weighted by atomic mass is 19.3. The first-order valence-corrected chi connectivity index (χ1v) is 9.37. The van der Waals surface area contributed by atoms with Gasteiger partial charge in [0.05, 0.1) is 14.2 Å². The molecule has 4 rings (SSSR count). The number of rotatable bonds is 7. The molecule has 0 atom stereocenters. The third kappa shape index (κ3) is 4.19. The normalized spacial score (nSPS) is 13.5. The van der Waals surface area contributed by atoms with Crippen molar-refractivity contribution in [2.75, 3.05) is 25.0 Å². The lowest BCUT2D eigenvalue weighted by Gasteiger charge is -2.14. The maximum Gasteiger partial charge on any atom is 0.586 e. The molecule has 0 aliphatic carbocycles. The molecule has 168 valence electrons. The van der Waals surface area contributed by atoms with Gasteiger partial charge in [-0.25, -0.2) is 4.98 Å². The van der Waals surface area contributed by atoms with Crippen LogP contribution in [0.3, 0.4) is 0 Å². The number of hydrazine groups is 1. The van der Waals surface area contributed by atoms with Gasteiger partial charge in [0.2, 0.25) is 11.9 Å². The number of halogens is 2. The Morgan fingerprint density at radius 1 is 1.12 bits per heavy atom. The summed E-state index contributed by atoms with van der Waals surface area (Å²) in [6.45, 7) is 1.56. The molecule has 0 saturated carbocycles. The van der Waals surface area contributed by atoms with Crippen molar-refractivity contribution in [1.82, 2.24) is 15.4 Å². The molecule has 3 N–H and O–H groups in total. The Balaban J connectivity index is 1.71. The number of nitrogens with zero attached hydrogens (tertiary/aromatic N) is 2. The fourth-order valence-electron chi connectivity index (χ4n) is 3.09. The van der Waals surface area contributed by atoms with Crippen LogP contribution >= 0.6 is 0 Å². The maximum atomic E-state index is 13.6. The van der Waals surface area contributed by atoms with Crippen LogP contribution in [0.1, 0.15) is 12.5 Å². The zero-order valence-corrected chi connectivity index (χ0v) is 17.3. The molecule has 0 fully saturated rings. The zero-order valence-electron chi connectivity index (χ0n) is 17.3. The predicted octanol–water partition coefficient (Wildman–Crippen LogP) is 3.04. The first-order valence-electron chi connectivity index (χ1n) is 9.37. The molecule has 10 nitrogen and oxygen atoms in total. The van der Waals surface area contributed by atoms with Gasteiger partial charge in [0, 0.05) is 30.5 Å². The summed E-state index contributed by atoms with van der Waals surface area (Å²) in [5.41, 5.74) is 5.92. The Morgan fingerprint density at radius 2 is 1.94 bits per heavy atom. The summed E-state index contributed by atoms with van der Waals surface area (Å²) < 4.78 is 47.0. The van der Waals surface area contributed by atoms with Crippen LogP contribution < -0.4 is 35.1 Å². The number of alkyl halides is 2. The number of hydrogen-bond acceptors (Lipinski definition) is 9. The molecular weight excluding hydrogens is 428 g/mol. The fraction of sp³-hybridized carbons (Fsp3) is 0.250. The quantitative estimate of drug-likeness (QED) is 0.470. The smallest absolute Gasteiger partial charge is 0.497 e. The van der Waals surface area contributed by atoms with Gasteiger partial charge in [0.1, 0.15) is 17.0 Å². The lowest BCUT2D eigenvalue weighted by Crippen LogP contribution is -2.27. The predicted molar refractivity (Wildman–Crippen MR) is 110 cm³/mol. The van der Waals surface area contributed by atoms with E-state index in [9.17, 15) is 13.6 Å². The lowest BCUT2D eigenvalue weighted by molar-refractivity contribution is -0.286. The SMILES string of the molecule is COc1ccc(CNc2nc(NNC(C)=O)c3ccc4c(c3n2)OC(F)(F)O4)c(OC)c1. The molecule has 3 aromatic rings. The van der Waals surface area contributed by atoms with Crippen molar-refractivity contribution in [3.63, 3.8) is 0 Å². The monoisotopic (exact) mass is 447 g/mol. The highest BCUT2D eigenvalue weighted by Crippen LogP contribution is 2.46. The number of carbonyl (C=O) groups is 1. The Morgan fingerprint density at radius 3 is 2.66 bits per heavy atom. The van der Waals surface area contributed by atoms with Gasteiger partial charge >= 0.3 is 6.29 Å². The van der Waals surface area contributed by atoms with E-state index in [1.165, 1.54) is 26.2 Å². The van der Waals surface area contributed by atoms with Crippen LogP contribution in [0.4, 0.5) is 20.5 Å². The highest BCUT2D eigenvalue weighted by molar-refractivity contribution is 5.96. The van der Waals surface area contributed by atoms with Gasteiger partial charge in [-0.05, 0) is 24.3 Å². The average Bonchev–Trinajstić information content (AvgIpc) is 3.10. The van der Waals surface area contributed by atoms with E-state index >= 15 is 0 Å². The van der Waals surface area contributed by atoms with Gasteiger partial charge in [-0.1, -0.05) is 0 Å². The molecule has 2 aromatic carbocycles. The molecule has 1 aliphatic heterocycles. The Kier molecular flexibility index (Phi) is 5.43. The average molecular weight is 447 g/mol. The van der Waals surface area contributed by atoms with Crippen LogP contribution in [0, 0.1) is 0 Å². The first kappa shape index (κ1) is 21.2. The second-order valence-corrected chi connectivity index (χ2v) is 6.69. The summed E-state index contributed by atoms with van der Waals surface area (Å²) in [7, 11) is 3.08. The number of methoxy groups -OCH3 is 2. The van der Waals surface area contributed by atoms with Crippen LogP contribution in [0.15, 0.2) is 30.3 Å². The fourth-order valence-corrected chi connectivity index (χ4v) is 3.09. The van der Waals surface area contributed by atoms with Gasteiger partial charge in [-0.15, -0.1) is 8.78 Å². The van der Waals surface area contributed by atoms with Crippen molar-refractivity contribution in [2.24, 2.45) is 0 Å². The van der Waals surface area contributed by atoms with Gasteiger partial charge in [0.25, 0.3) is 0 Å². The van der Waals surface area contributed by atoms with E-state index < -0.39 is 6.29 Å². The summed E-state index contributed by atoms with van der Waals surface area (Å²) >= 11 is 0. The third-order valence-corrected chi connectivity index (χ3v) is 4.52. The van der Waals surface area contributed by atoms with Crippen molar-refractivity contribution in [3.05, 3.63) is 35.9 Å². The Labute approximate surface area is 180 Å². The molecule has 0 unspecified atom stereocenters. The summed E-state index contributed by atoms with van der Waals surface area (Å²) in [6, 6.07) is 8.10. The molecule has 0 radical (unpaired) electrons. The number of anilines is 2. The summed E-state index contributed by atoms with van der Waals surface area (Å²) in [5.74, 6) is 0.711. The number of hydrogen-bond donors (Lipinski definition) is 3. The largest absolute Gasteiger partial charge is 0.586 e. The van der Waals surface area contributed by atoms with Crippen LogP contribution in [-0.4, -0.2) is 36.4 Å². The van der Waals surface area contributed by atoms with E-state index in [1.807, 2.05) is 0 Å². The van der Waals surface area contributed by atoms with Crippen LogP contribution in [0.25, 0.3) is 10.9 Å². The second-order valence-electron chi connectivity index (χ2n) is 6.69. The van der Waals surface area contributed by atoms with Gasteiger partial charge in [-0.3, -0.25) is 15.6 Å². The standard InChI is InChI=1S/C20H19F2N5O5/c1-10(28)26-27-18-13-6-7-14-17(32-20(21,22)31-14)16(13)24-19(25-18)23-9-11-4-5-12(29-2)8-15(11)30-3/h4-8H,9H2,1-3H3,(H,26,28)(H2,23,24,25,27). The summed E-state index contributed by atoms with van der Waals surface area (Å²) in [6.07, 6.45) is -3.81. The lowest BCUT2D eigenvalue weighted by atomic mass is 10.2. The van der Waals surface area contributed by atoms with Crippen molar-refractivity contribution >= 4 is 28.6 Å². The number of fused-ring (bicyclic) bond motifs is 3. The van der Waals surface area contributed by atoms with Crippen molar-refractivity contribution in [3.8, 4) is 23.0 Å². The van der Waals surface area contributed by atoms with E-state index in [1.54, 1.807) is 25.3 Å². The summed E-state index contributed by atoms with van der Waals surface area (Å²) in [4.78, 5) is 20.0. The van der Waals surface area contributed by atoms with Crippen molar-refractivity contribution in [2.45, 2.75) is 19.8 Å². The Hall–Kier alpha value is -4.09. The molecule has 0 spiro atoms. The molecule has 0 saturated heterocycles. The minimum absolute atomic E-state index is 0.0757.